The number of ether oxygens (including phenoxy) is 2. The van der Waals surface area contributed by atoms with Gasteiger partial charge in [-0.1, -0.05) is 12.1 Å². The van der Waals surface area contributed by atoms with E-state index >= 15 is 0 Å². The van der Waals surface area contributed by atoms with Gasteiger partial charge >= 0.3 is 0 Å². The summed E-state index contributed by atoms with van der Waals surface area (Å²) in [7, 11) is 0. The third-order valence-corrected chi connectivity index (χ3v) is 4.60. The average molecular weight is 304 g/mol. The van der Waals surface area contributed by atoms with Gasteiger partial charge in [0.25, 0.3) is 0 Å². The highest BCUT2D eigenvalue weighted by Gasteiger charge is 2.15. The van der Waals surface area contributed by atoms with Crippen LogP contribution in [0.4, 0.5) is 0 Å². The Bertz CT molecular complexity index is 612. The minimum Gasteiger partial charge on any atom is -0.490 e. The van der Waals surface area contributed by atoms with Gasteiger partial charge in [-0.2, -0.15) is 0 Å². The first-order valence-electron chi connectivity index (χ1n) is 7.27. The van der Waals surface area contributed by atoms with E-state index in [0.717, 1.165) is 47.3 Å². The second kappa shape index (κ2) is 6.45. The molecule has 5 heteroatoms. The molecule has 0 aliphatic carbocycles. The summed E-state index contributed by atoms with van der Waals surface area (Å²) in [5, 5.41) is 6.71. The number of nitrogens with zero attached hydrogens (tertiary/aromatic N) is 1. The summed E-state index contributed by atoms with van der Waals surface area (Å²) in [5.41, 5.74) is 2.21. The Morgan fingerprint density at radius 3 is 3.00 bits per heavy atom. The van der Waals surface area contributed by atoms with Gasteiger partial charge in [0.15, 0.2) is 11.5 Å². The molecule has 1 aliphatic heterocycles. The monoisotopic (exact) mass is 304 g/mol. The van der Waals surface area contributed by atoms with Crippen molar-refractivity contribution in [1.29, 1.82) is 0 Å². The number of rotatable bonds is 4. The molecule has 21 heavy (non-hydrogen) atoms. The average Bonchev–Trinajstić information content (AvgIpc) is 2.78. The summed E-state index contributed by atoms with van der Waals surface area (Å²) >= 11 is 1.70. The lowest BCUT2D eigenvalue weighted by atomic mass is 10.1. The third-order valence-electron chi connectivity index (χ3n) is 3.46. The number of benzene rings is 1. The minimum atomic E-state index is 0.228. The first-order chi connectivity index (χ1) is 10.2. The second-order valence-electron chi connectivity index (χ2n) is 5.22. The van der Waals surface area contributed by atoms with Crippen molar-refractivity contribution in [2.75, 3.05) is 13.2 Å². The van der Waals surface area contributed by atoms with Gasteiger partial charge < -0.3 is 14.8 Å². The Morgan fingerprint density at radius 2 is 2.19 bits per heavy atom. The number of aromatic nitrogens is 1. The van der Waals surface area contributed by atoms with E-state index in [1.807, 2.05) is 19.1 Å². The van der Waals surface area contributed by atoms with E-state index in [-0.39, 0.29) is 6.04 Å². The second-order valence-corrected chi connectivity index (χ2v) is 6.11. The summed E-state index contributed by atoms with van der Waals surface area (Å²) in [4.78, 5) is 4.53. The molecule has 1 aromatic carbocycles. The minimum absolute atomic E-state index is 0.228. The predicted molar refractivity (Wildman–Crippen MR) is 84.2 cm³/mol. The van der Waals surface area contributed by atoms with Gasteiger partial charge in [-0.25, -0.2) is 4.98 Å². The summed E-state index contributed by atoms with van der Waals surface area (Å²) < 4.78 is 11.6. The third kappa shape index (κ3) is 3.36. The highest BCUT2D eigenvalue weighted by atomic mass is 32.1. The summed E-state index contributed by atoms with van der Waals surface area (Å²) in [5.74, 6) is 1.73. The van der Waals surface area contributed by atoms with E-state index in [0.29, 0.717) is 6.61 Å². The molecule has 2 heterocycles. The zero-order valence-corrected chi connectivity index (χ0v) is 13.2. The molecule has 0 fully saturated rings. The maximum absolute atomic E-state index is 5.84. The molecule has 0 saturated carbocycles. The van der Waals surface area contributed by atoms with Gasteiger partial charge in [0.1, 0.15) is 5.01 Å². The standard InChI is InChI=1S/C16H20N2O2S/c1-11-10-21-16(18-11)12(2)17-9-13-5-3-6-14-15(13)20-8-4-7-19-14/h3,5-6,10,12,17H,4,7-9H2,1-2H3. The fourth-order valence-corrected chi connectivity index (χ4v) is 3.14. The molecule has 1 atom stereocenters. The first-order valence-corrected chi connectivity index (χ1v) is 8.15. The van der Waals surface area contributed by atoms with Crippen LogP contribution in [-0.4, -0.2) is 18.2 Å². The van der Waals surface area contributed by atoms with Crippen molar-refractivity contribution < 1.29 is 9.47 Å². The molecule has 1 N–H and O–H groups in total. The molecular formula is C16H20N2O2S. The maximum atomic E-state index is 5.84. The van der Waals surface area contributed by atoms with Crippen molar-refractivity contribution in [3.8, 4) is 11.5 Å². The number of thiazole rings is 1. The fraction of sp³-hybridized carbons (Fsp3) is 0.438. The lowest BCUT2D eigenvalue weighted by Crippen LogP contribution is -2.18. The number of fused-ring (bicyclic) bond motifs is 1. The van der Waals surface area contributed by atoms with Gasteiger partial charge in [-0.05, 0) is 19.9 Å². The molecule has 1 aromatic heterocycles. The van der Waals surface area contributed by atoms with E-state index in [2.05, 4.69) is 28.7 Å². The smallest absolute Gasteiger partial charge is 0.165 e. The van der Waals surface area contributed by atoms with Crippen molar-refractivity contribution in [1.82, 2.24) is 10.3 Å². The fourth-order valence-electron chi connectivity index (χ4n) is 2.31. The van der Waals surface area contributed by atoms with Crippen LogP contribution >= 0.6 is 11.3 Å². The number of hydrogen-bond donors (Lipinski definition) is 1. The zero-order valence-electron chi connectivity index (χ0n) is 12.4. The highest BCUT2D eigenvalue weighted by Crippen LogP contribution is 2.33. The Kier molecular flexibility index (Phi) is 4.41. The van der Waals surface area contributed by atoms with Gasteiger partial charge in [0.05, 0.1) is 19.3 Å². The predicted octanol–water partition coefficient (Wildman–Crippen LogP) is 3.46. The van der Waals surface area contributed by atoms with Gasteiger partial charge in [0.2, 0.25) is 0 Å². The van der Waals surface area contributed by atoms with Crippen molar-refractivity contribution in [2.45, 2.75) is 32.9 Å². The zero-order chi connectivity index (χ0) is 14.7. The van der Waals surface area contributed by atoms with Crippen LogP contribution in [-0.2, 0) is 6.54 Å². The Labute approximate surface area is 129 Å². The SMILES string of the molecule is Cc1csc(C(C)NCc2cccc3c2OCCCO3)n1. The number of nitrogens with one attached hydrogen (secondary N) is 1. The maximum Gasteiger partial charge on any atom is 0.165 e. The van der Waals surface area contributed by atoms with Crippen LogP contribution in [0.1, 0.15) is 35.7 Å². The largest absolute Gasteiger partial charge is 0.490 e. The molecular weight excluding hydrogens is 284 g/mol. The molecule has 0 saturated heterocycles. The lowest BCUT2D eigenvalue weighted by Gasteiger charge is -2.15. The van der Waals surface area contributed by atoms with E-state index in [1.54, 1.807) is 11.3 Å². The van der Waals surface area contributed by atoms with Crippen molar-refractivity contribution >= 4 is 11.3 Å². The first kappa shape index (κ1) is 14.4. The summed E-state index contributed by atoms with van der Waals surface area (Å²) in [6.45, 7) is 6.34. The van der Waals surface area contributed by atoms with E-state index < -0.39 is 0 Å². The Morgan fingerprint density at radius 1 is 1.33 bits per heavy atom. The number of aryl methyl sites for hydroxylation is 1. The molecule has 0 spiro atoms. The topological polar surface area (TPSA) is 43.4 Å². The van der Waals surface area contributed by atoms with Gasteiger partial charge in [0, 0.05) is 29.6 Å². The molecule has 112 valence electrons. The van der Waals surface area contributed by atoms with Crippen LogP contribution in [0.5, 0.6) is 11.5 Å². The molecule has 3 rings (SSSR count). The molecule has 1 unspecified atom stereocenters. The molecule has 0 bridgehead atoms. The lowest BCUT2D eigenvalue weighted by molar-refractivity contribution is 0.295. The summed E-state index contributed by atoms with van der Waals surface area (Å²) in [6, 6.07) is 6.30. The normalized spacial score (nSPS) is 15.5. The molecule has 2 aromatic rings. The van der Waals surface area contributed by atoms with Crippen molar-refractivity contribution in [3.05, 3.63) is 39.8 Å². The van der Waals surface area contributed by atoms with E-state index in [9.17, 15) is 0 Å². The molecule has 0 amide bonds. The Hall–Kier alpha value is -1.59. The Balaban J connectivity index is 1.70. The quantitative estimate of drug-likeness (QED) is 0.939. The highest BCUT2D eigenvalue weighted by molar-refractivity contribution is 7.09. The van der Waals surface area contributed by atoms with Crippen LogP contribution in [0.3, 0.4) is 0 Å². The molecule has 4 nitrogen and oxygen atoms in total. The van der Waals surface area contributed by atoms with Crippen molar-refractivity contribution in [3.63, 3.8) is 0 Å². The molecule has 1 aliphatic rings. The van der Waals surface area contributed by atoms with E-state index in [1.165, 1.54) is 0 Å². The van der Waals surface area contributed by atoms with E-state index in [4.69, 9.17) is 9.47 Å². The summed E-state index contributed by atoms with van der Waals surface area (Å²) in [6.07, 6.45) is 0.927. The van der Waals surface area contributed by atoms with Crippen LogP contribution in [0, 0.1) is 6.92 Å². The number of hydrogen-bond acceptors (Lipinski definition) is 5. The van der Waals surface area contributed by atoms with Gasteiger partial charge in [-0.3, -0.25) is 0 Å². The molecule has 0 radical (unpaired) electrons. The number of para-hydroxylation sites is 1. The van der Waals surface area contributed by atoms with Gasteiger partial charge in [-0.15, -0.1) is 11.3 Å². The van der Waals surface area contributed by atoms with Crippen LogP contribution in [0.15, 0.2) is 23.6 Å². The van der Waals surface area contributed by atoms with Crippen LogP contribution in [0.2, 0.25) is 0 Å². The van der Waals surface area contributed by atoms with Crippen LogP contribution < -0.4 is 14.8 Å². The van der Waals surface area contributed by atoms with Crippen molar-refractivity contribution in [2.24, 2.45) is 0 Å². The van der Waals surface area contributed by atoms with Crippen LogP contribution in [0.25, 0.3) is 0 Å².